The average molecular weight is 290 g/mol. The zero-order valence-electron chi connectivity index (χ0n) is 12.4. The Bertz CT molecular complexity index is 625. The van der Waals surface area contributed by atoms with E-state index in [4.69, 9.17) is 9.47 Å². The first kappa shape index (κ1) is 15.3. The molecular weight excluding hydrogens is 271 g/mol. The van der Waals surface area contributed by atoms with E-state index in [1.54, 1.807) is 20.1 Å². The molecular formula is C17H19FO3. The number of ether oxygens (including phenoxy) is 2. The largest absolute Gasteiger partial charge is 0.496 e. The number of aryl methyl sites for hydroxylation is 2. The second kappa shape index (κ2) is 6.59. The van der Waals surface area contributed by atoms with Gasteiger partial charge in [-0.15, -0.1) is 0 Å². The van der Waals surface area contributed by atoms with Gasteiger partial charge in [0.15, 0.2) is 0 Å². The summed E-state index contributed by atoms with van der Waals surface area (Å²) in [6.45, 7) is 3.78. The Morgan fingerprint density at radius 3 is 2.48 bits per heavy atom. The maximum Gasteiger partial charge on any atom is 0.124 e. The third-order valence-electron chi connectivity index (χ3n) is 3.28. The molecule has 3 nitrogen and oxygen atoms in total. The van der Waals surface area contributed by atoms with E-state index < -0.39 is 6.10 Å². The Morgan fingerprint density at radius 1 is 1.10 bits per heavy atom. The minimum absolute atomic E-state index is 0.0757. The molecule has 1 unspecified atom stereocenters. The summed E-state index contributed by atoms with van der Waals surface area (Å²) in [6, 6.07) is 9.89. The van der Waals surface area contributed by atoms with E-state index in [1.807, 2.05) is 25.1 Å². The smallest absolute Gasteiger partial charge is 0.124 e. The van der Waals surface area contributed by atoms with Gasteiger partial charge < -0.3 is 14.6 Å². The first-order valence-corrected chi connectivity index (χ1v) is 6.73. The second-order valence-corrected chi connectivity index (χ2v) is 4.98. The summed E-state index contributed by atoms with van der Waals surface area (Å²) in [5.74, 6) is 0.871. The predicted molar refractivity (Wildman–Crippen MR) is 79.3 cm³/mol. The highest BCUT2D eigenvalue weighted by atomic mass is 19.1. The van der Waals surface area contributed by atoms with Crippen molar-refractivity contribution in [1.82, 2.24) is 0 Å². The van der Waals surface area contributed by atoms with Crippen molar-refractivity contribution < 1.29 is 19.0 Å². The highest BCUT2D eigenvalue weighted by molar-refractivity contribution is 5.39. The molecule has 2 aromatic rings. The van der Waals surface area contributed by atoms with Crippen molar-refractivity contribution in [2.24, 2.45) is 0 Å². The number of halogens is 1. The Kier molecular flexibility index (Phi) is 4.81. The molecule has 2 rings (SSSR count). The molecule has 0 aromatic heterocycles. The van der Waals surface area contributed by atoms with Gasteiger partial charge in [0.1, 0.15) is 30.0 Å². The van der Waals surface area contributed by atoms with E-state index >= 15 is 0 Å². The molecule has 0 heterocycles. The fourth-order valence-corrected chi connectivity index (χ4v) is 2.15. The highest BCUT2D eigenvalue weighted by Crippen LogP contribution is 2.27. The SMILES string of the molecule is COc1ccc(C)cc1C(O)COc1ccc(F)cc1C. The lowest BCUT2D eigenvalue weighted by molar-refractivity contribution is 0.105. The Morgan fingerprint density at radius 2 is 1.81 bits per heavy atom. The molecule has 0 spiro atoms. The minimum Gasteiger partial charge on any atom is -0.496 e. The molecule has 0 radical (unpaired) electrons. The molecule has 1 atom stereocenters. The van der Waals surface area contributed by atoms with Gasteiger partial charge in [-0.3, -0.25) is 0 Å². The lowest BCUT2D eigenvalue weighted by Crippen LogP contribution is -2.11. The predicted octanol–water partition coefficient (Wildman–Crippen LogP) is 3.56. The third kappa shape index (κ3) is 3.73. The summed E-state index contributed by atoms with van der Waals surface area (Å²) >= 11 is 0. The van der Waals surface area contributed by atoms with Crippen LogP contribution in [0.3, 0.4) is 0 Å². The Hall–Kier alpha value is -2.07. The van der Waals surface area contributed by atoms with Crippen molar-refractivity contribution in [1.29, 1.82) is 0 Å². The van der Waals surface area contributed by atoms with Gasteiger partial charge in [-0.25, -0.2) is 4.39 Å². The van der Waals surface area contributed by atoms with Crippen LogP contribution in [0.1, 0.15) is 22.8 Å². The van der Waals surface area contributed by atoms with Gasteiger partial charge in [-0.05, 0) is 49.7 Å². The van der Waals surface area contributed by atoms with Crippen LogP contribution in [-0.2, 0) is 0 Å². The van der Waals surface area contributed by atoms with Crippen molar-refractivity contribution in [3.8, 4) is 11.5 Å². The zero-order chi connectivity index (χ0) is 15.4. The van der Waals surface area contributed by atoms with Crippen molar-refractivity contribution in [2.45, 2.75) is 20.0 Å². The van der Waals surface area contributed by atoms with Crippen molar-refractivity contribution in [3.63, 3.8) is 0 Å². The topological polar surface area (TPSA) is 38.7 Å². The molecule has 4 heteroatoms. The number of hydrogen-bond donors (Lipinski definition) is 1. The van der Waals surface area contributed by atoms with Crippen LogP contribution >= 0.6 is 0 Å². The number of methoxy groups -OCH3 is 1. The normalized spacial score (nSPS) is 12.0. The first-order chi connectivity index (χ1) is 10.0. The number of aliphatic hydroxyl groups excluding tert-OH is 1. The van der Waals surface area contributed by atoms with Gasteiger partial charge in [0.25, 0.3) is 0 Å². The standard InChI is InChI=1S/C17H19FO3/c1-11-4-6-17(20-3)14(8-11)15(19)10-21-16-7-5-13(18)9-12(16)2/h4-9,15,19H,10H2,1-3H3. The van der Waals surface area contributed by atoms with Crippen LogP contribution in [0.4, 0.5) is 4.39 Å². The highest BCUT2D eigenvalue weighted by Gasteiger charge is 2.15. The number of hydrogen-bond acceptors (Lipinski definition) is 3. The van der Waals surface area contributed by atoms with Crippen molar-refractivity contribution >= 4 is 0 Å². The van der Waals surface area contributed by atoms with Crippen LogP contribution in [0.5, 0.6) is 11.5 Å². The summed E-state index contributed by atoms with van der Waals surface area (Å²) in [5.41, 5.74) is 2.40. The zero-order valence-corrected chi connectivity index (χ0v) is 12.4. The number of benzene rings is 2. The van der Waals surface area contributed by atoms with Gasteiger partial charge in [0.2, 0.25) is 0 Å². The summed E-state index contributed by atoms with van der Waals surface area (Å²) in [6.07, 6.45) is -0.815. The molecule has 0 aliphatic carbocycles. The molecule has 21 heavy (non-hydrogen) atoms. The molecule has 0 aliphatic rings. The third-order valence-corrected chi connectivity index (χ3v) is 3.28. The molecule has 2 aromatic carbocycles. The van der Waals surface area contributed by atoms with Crippen LogP contribution in [0.15, 0.2) is 36.4 Å². The molecule has 0 aliphatic heterocycles. The van der Waals surface area contributed by atoms with E-state index in [9.17, 15) is 9.50 Å². The van der Waals surface area contributed by atoms with Gasteiger partial charge in [-0.2, -0.15) is 0 Å². The van der Waals surface area contributed by atoms with Crippen LogP contribution in [0.25, 0.3) is 0 Å². The maximum absolute atomic E-state index is 13.0. The second-order valence-electron chi connectivity index (χ2n) is 4.98. The van der Waals surface area contributed by atoms with Crippen LogP contribution in [0, 0.1) is 19.7 Å². The molecule has 0 saturated carbocycles. The fourth-order valence-electron chi connectivity index (χ4n) is 2.15. The summed E-state index contributed by atoms with van der Waals surface area (Å²) in [5, 5.41) is 10.3. The van der Waals surface area contributed by atoms with Crippen LogP contribution in [-0.4, -0.2) is 18.8 Å². The summed E-state index contributed by atoms with van der Waals surface area (Å²) < 4.78 is 23.9. The maximum atomic E-state index is 13.0. The molecule has 0 bridgehead atoms. The Balaban J connectivity index is 2.11. The lowest BCUT2D eigenvalue weighted by atomic mass is 10.1. The first-order valence-electron chi connectivity index (χ1n) is 6.73. The van der Waals surface area contributed by atoms with Crippen LogP contribution < -0.4 is 9.47 Å². The molecule has 1 N–H and O–H groups in total. The van der Waals surface area contributed by atoms with E-state index in [0.717, 1.165) is 5.56 Å². The minimum atomic E-state index is -0.815. The average Bonchev–Trinajstić information content (AvgIpc) is 2.46. The summed E-state index contributed by atoms with van der Waals surface area (Å²) in [4.78, 5) is 0. The van der Waals surface area contributed by atoms with E-state index in [2.05, 4.69) is 0 Å². The van der Waals surface area contributed by atoms with E-state index in [0.29, 0.717) is 22.6 Å². The van der Waals surface area contributed by atoms with Crippen LogP contribution in [0.2, 0.25) is 0 Å². The van der Waals surface area contributed by atoms with Gasteiger partial charge >= 0.3 is 0 Å². The molecule has 0 amide bonds. The number of aliphatic hydroxyl groups is 1. The monoisotopic (exact) mass is 290 g/mol. The quantitative estimate of drug-likeness (QED) is 0.915. The van der Waals surface area contributed by atoms with Crippen molar-refractivity contribution in [2.75, 3.05) is 13.7 Å². The van der Waals surface area contributed by atoms with E-state index in [1.165, 1.54) is 12.1 Å². The molecule has 0 fully saturated rings. The number of rotatable bonds is 5. The molecule has 0 saturated heterocycles. The van der Waals surface area contributed by atoms with Gasteiger partial charge in [0.05, 0.1) is 7.11 Å². The summed E-state index contributed by atoms with van der Waals surface area (Å²) in [7, 11) is 1.56. The fraction of sp³-hybridized carbons (Fsp3) is 0.294. The van der Waals surface area contributed by atoms with E-state index in [-0.39, 0.29) is 12.4 Å². The molecule has 112 valence electrons. The van der Waals surface area contributed by atoms with Crippen molar-refractivity contribution in [3.05, 3.63) is 58.9 Å². The van der Waals surface area contributed by atoms with Gasteiger partial charge in [0, 0.05) is 5.56 Å². The lowest BCUT2D eigenvalue weighted by Gasteiger charge is -2.17. The Labute approximate surface area is 124 Å². The van der Waals surface area contributed by atoms with Gasteiger partial charge in [-0.1, -0.05) is 11.6 Å².